The number of aliphatic hydroxyl groups excluding tert-OH is 1. The molecule has 5 heteroatoms. The summed E-state index contributed by atoms with van der Waals surface area (Å²) in [5.41, 5.74) is 0.577. The number of hydrogen-bond acceptors (Lipinski definition) is 3. The van der Waals surface area contributed by atoms with Crippen LogP contribution < -0.4 is 5.32 Å². The Morgan fingerprint density at radius 2 is 1.90 bits per heavy atom. The van der Waals surface area contributed by atoms with Gasteiger partial charge in [0.2, 0.25) is 5.91 Å². The van der Waals surface area contributed by atoms with Crippen molar-refractivity contribution in [2.45, 2.75) is 31.9 Å². The highest BCUT2D eigenvalue weighted by molar-refractivity contribution is 7.10. The molecule has 3 nitrogen and oxygen atoms in total. The highest BCUT2D eigenvalue weighted by Crippen LogP contribution is 2.22. The van der Waals surface area contributed by atoms with Gasteiger partial charge in [0, 0.05) is 4.88 Å². The number of halogens is 1. The van der Waals surface area contributed by atoms with Gasteiger partial charge in [-0.1, -0.05) is 18.2 Å². The number of nitrogens with one attached hydrogen (secondary N) is 1. The molecule has 112 valence electrons. The number of rotatable bonds is 5. The Balaban J connectivity index is 1.98. The molecule has 0 aliphatic carbocycles. The molecule has 0 spiro atoms. The Kier molecular flexibility index (Phi) is 5.09. The molecule has 0 aliphatic heterocycles. The van der Waals surface area contributed by atoms with E-state index in [4.69, 9.17) is 0 Å². The van der Waals surface area contributed by atoms with Gasteiger partial charge in [0.15, 0.2) is 0 Å². The van der Waals surface area contributed by atoms with E-state index in [-0.39, 0.29) is 17.6 Å². The van der Waals surface area contributed by atoms with E-state index in [1.165, 1.54) is 35.6 Å². The fourth-order valence-corrected chi connectivity index (χ4v) is 2.83. The minimum atomic E-state index is -0.870. The third kappa shape index (κ3) is 3.89. The lowest BCUT2D eigenvalue weighted by molar-refractivity contribution is -0.123. The van der Waals surface area contributed by atoms with Gasteiger partial charge in [-0.15, -0.1) is 11.3 Å². The van der Waals surface area contributed by atoms with Crippen LogP contribution in [0.4, 0.5) is 4.39 Å². The van der Waals surface area contributed by atoms with Crippen LogP contribution in [0.3, 0.4) is 0 Å². The highest BCUT2D eigenvalue weighted by Gasteiger charge is 2.22. The van der Waals surface area contributed by atoms with E-state index in [2.05, 4.69) is 5.32 Å². The molecule has 1 heterocycles. The predicted molar refractivity (Wildman–Crippen MR) is 81.7 cm³/mol. The van der Waals surface area contributed by atoms with E-state index in [0.717, 1.165) is 4.88 Å². The van der Waals surface area contributed by atoms with Crippen LogP contribution in [-0.2, 0) is 4.79 Å². The summed E-state index contributed by atoms with van der Waals surface area (Å²) in [6.07, 6.45) is -0.870. The third-order valence-corrected chi connectivity index (χ3v) is 4.47. The average molecular weight is 307 g/mol. The maximum atomic E-state index is 12.9. The van der Waals surface area contributed by atoms with E-state index < -0.39 is 12.1 Å². The summed E-state index contributed by atoms with van der Waals surface area (Å²) in [7, 11) is 0. The first-order valence-corrected chi connectivity index (χ1v) is 7.64. The minimum Gasteiger partial charge on any atom is -0.386 e. The summed E-state index contributed by atoms with van der Waals surface area (Å²) in [4.78, 5) is 13.1. The van der Waals surface area contributed by atoms with Crippen molar-refractivity contribution in [1.29, 1.82) is 0 Å². The Bertz CT molecular complexity index is 583. The molecular weight excluding hydrogens is 289 g/mol. The smallest absolute Gasteiger partial charge is 0.228 e. The van der Waals surface area contributed by atoms with E-state index in [0.29, 0.717) is 5.56 Å². The van der Waals surface area contributed by atoms with Crippen molar-refractivity contribution in [1.82, 2.24) is 5.32 Å². The van der Waals surface area contributed by atoms with Gasteiger partial charge in [-0.25, -0.2) is 4.39 Å². The molecule has 0 saturated heterocycles. The zero-order chi connectivity index (χ0) is 15.4. The van der Waals surface area contributed by atoms with Crippen LogP contribution in [0, 0.1) is 5.82 Å². The van der Waals surface area contributed by atoms with Crippen LogP contribution in [0.1, 0.15) is 36.3 Å². The number of aliphatic hydroxyl groups is 1. The van der Waals surface area contributed by atoms with Crippen LogP contribution >= 0.6 is 11.3 Å². The normalized spacial score (nSPS) is 15.2. The first kappa shape index (κ1) is 15.7. The fourth-order valence-electron chi connectivity index (χ4n) is 2.04. The van der Waals surface area contributed by atoms with E-state index in [9.17, 15) is 14.3 Å². The first-order valence-electron chi connectivity index (χ1n) is 6.76. The molecule has 2 aromatic rings. The molecule has 2 rings (SSSR count). The van der Waals surface area contributed by atoms with E-state index in [1.807, 2.05) is 24.4 Å². The molecule has 2 N–H and O–H groups in total. The van der Waals surface area contributed by atoms with Crippen LogP contribution in [0.15, 0.2) is 41.8 Å². The monoisotopic (exact) mass is 307 g/mol. The van der Waals surface area contributed by atoms with Crippen LogP contribution in [0.25, 0.3) is 0 Å². The summed E-state index contributed by atoms with van der Waals surface area (Å²) in [5, 5.41) is 14.9. The standard InChI is InChI=1S/C16H18FNO2S/c1-10(14-4-3-9-21-14)16(20)18-11(2)15(19)12-5-7-13(17)8-6-12/h3-11,15,19H,1-2H3,(H,18,20). The highest BCUT2D eigenvalue weighted by atomic mass is 32.1. The molecule has 0 bridgehead atoms. The zero-order valence-corrected chi connectivity index (χ0v) is 12.7. The molecule has 3 unspecified atom stereocenters. The number of thiophene rings is 1. The fraction of sp³-hybridized carbons (Fsp3) is 0.312. The quantitative estimate of drug-likeness (QED) is 0.891. The van der Waals surface area contributed by atoms with Crippen molar-refractivity contribution in [3.63, 3.8) is 0 Å². The Hall–Kier alpha value is -1.72. The van der Waals surface area contributed by atoms with Crippen molar-refractivity contribution < 1.29 is 14.3 Å². The van der Waals surface area contributed by atoms with Crippen LogP contribution in [-0.4, -0.2) is 17.1 Å². The molecule has 0 aliphatic rings. The number of carbonyl (C=O) groups is 1. The minimum absolute atomic E-state index is 0.133. The van der Waals surface area contributed by atoms with Crippen molar-refractivity contribution in [2.24, 2.45) is 0 Å². The maximum Gasteiger partial charge on any atom is 0.228 e. The second kappa shape index (κ2) is 6.83. The number of amides is 1. The van der Waals surface area contributed by atoms with Gasteiger partial charge in [0.1, 0.15) is 5.82 Å². The van der Waals surface area contributed by atoms with Crippen molar-refractivity contribution >= 4 is 17.2 Å². The molecule has 1 aromatic heterocycles. The molecule has 0 fully saturated rings. The zero-order valence-electron chi connectivity index (χ0n) is 11.9. The second-order valence-corrected chi connectivity index (χ2v) is 6.01. The molecule has 0 saturated carbocycles. The SMILES string of the molecule is CC(C(=O)NC(C)C(O)c1ccc(F)cc1)c1cccs1. The van der Waals surface area contributed by atoms with Gasteiger partial charge in [0.25, 0.3) is 0 Å². The molecule has 21 heavy (non-hydrogen) atoms. The lowest BCUT2D eigenvalue weighted by Gasteiger charge is -2.22. The number of hydrogen-bond donors (Lipinski definition) is 2. The van der Waals surface area contributed by atoms with Crippen molar-refractivity contribution in [3.8, 4) is 0 Å². The van der Waals surface area contributed by atoms with E-state index in [1.54, 1.807) is 6.92 Å². The summed E-state index contributed by atoms with van der Waals surface area (Å²) >= 11 is 1.53. The van der Waals surface area contributed by atoms with Gasteiger partial charge in [-0.2, -0.15) is 0 Å². The average Bonchev–Trinajstić information content (AvgIpc) is 3.00. The second-order valence-electron chi connectivity index (χ2n) is 5.03. The maximum absolute atomic E-state index is 12.9. The summed E-state index contributed by atoms with van der Waals surface area (Å²) in [6.45, 7) is 3.56. The Morgan fingerprint density at radius 1 is 1.24 bits per heavy atom. The Labute approximate surface area is 127 Å². The summed E-state index contributed by atoms with van der Waals surface area (Å²) < 4.78 is 12.9. The van der Waals surface area contributed by atoms with E-state index >= 15 is 0 Å². The van der Waals surface area contributed by atoms with Gasteiger partial charge in [0.05, 0.1) is 18.1 Å². The van der Waals surface area contributed by atoms with Gasteiger partial charge in [-0.3, -0.25) is 4.79 Å². The van der Waals surface area contributed by atoms with Crippen molar-refractivity contribution in [2.75, 3.05) is 0 Å². The first-order chi connectivity index (χ1) is 9.99. The molecule has 3 atom stereocenters. The van der Waals surface area contributed by atoms with Crippen molar-refractivity contribution in [3.05, 3.63) is 58.0 Å². The number of benzene rings is 1. The topological polar surface area (TPSA) is 49.3 Å². The molecule has 0 radical (unpaired) electrons. The molecule has 1 aromatic carbocycles. The summed E-state index contributed by atoms with van der Waals surface area (Å²) in [6, 6.07) is 8.99. The van der Waals surface area contributed by atoms with Crippen LogP contribution in [0.2, 0.25) is 0 Å². The predicted octanol–water partition coefficient (Wildman–Crippen LogP) is 3.23. The summed E-state index contributed by atoms with van der Waals surface area (Å²) in [5.74, 6) is -0.743. The Morgan fingerprint density at radius 3 is 2.48 bits per heavy atom. The molecular formula is C16H18FNO2S. The third-order valence-electron chi connectivity index (χ3n) is 3.42. The van der Waals surface area contributed by atoms with Gasteiger partial charge in [-0.05, 0) is 43.0 Å². The largest absolute Gasteiger partial charge is 0.386 e. The van der Waals surface area contributed by atoms with Crippen LogP contribution in [0.5, 0.6) is 0 Å². The van der Waals surface area contributed by atoms with Gasteiger partial charge >= 0.3 is 0 Å². The molecule has 1 amide bonds. The lowest BCUT2D eigenvalue weighted by Crippen LogP contribution is -2.39. The number of carbonyl (C=O) groups excluding carboxylic acids is 1. The lowest BCUT2D eigenvalue weighted by atomic mass is 10.0. The van der Waals surface area contributed by atoms with Gasteiger partial charge < -0.3 is 10.4 Å².